The van der Waals surface area contributed by atoms with Gasteiger partial charge in [-0.25, -0.2) is 0 Å². The van der Waals surface area contributed by atoms with E-state index in [-0.39, 0.29) is 12.2 Å². The second-order valence-corrected chi connectivity index (χ2v) is 7.57. The summed E-state index contributed by atoms with van der Waals surface area (Å²) in [4.78, 5) is 14.4. The summed E-state index contributed by atoms with van der Waals surface area (Å²) in [6, 6.07) is 15.7. The fourth-order valence-corrected chi connectivity index (χ4v) is 3.54. The molecule has 1 saturated heterocycles. The molecule has 2 aromatic rings. The predicted octanol–water partition coefficient (Wildman–Crippen LogP) is 4.94. The van der Waals surface area contributed by atoms with Gasteiger partial charge in [0.15, 0.2) is 6.29 Å². The van der Waals surface area contributed by atoms with Gasteiger partial charge in [-0.15, -0.1) is 0 Å². The van der Waals surface area contributed by atoms with Crippen molar-refractivity contribution in [3.8, 4) is 0 Å². The third-order valence-corrected chi connectivity index (χ3v) is 5.18. The molecule has 0 bridgehead atoms. The lowest BCUT2D eigenvalue weighted by molar-refractivity contribution is -0.168. The van der Waals surface area contributed by atoms with E-state index in [2.05, 4.69) is 15.9 Å². The number of carbonyl (C=O) groups excluding carboxylic acids is 1. The summed E-state index contributed by atoms with van der Waals surface area (Å²) in [5, 5.41) is 0.920. The predicted molar refractivity (Wildman–Crippen MR) is 111 cm³/mol. The lowest BCUT2D eigenvalue weighted by Crippen LogP contribution is -2.26. The average molecular weight is 432 g/mol. The number of ether oxygens (including phenoxy) is 2. The average Bonchev–Trinajstić information content (AvgIpc) is 2.73. The van der Waals surface area contributed by atoms with Gasteiger partial charge in [0.25, 0.3) is 5.91 Å². The topological polar surface area (TPSA) is 38.8 Å². The van der Waals surface area contributed by atoms with Crippen molar-refractivity contribution in [2.75, 3.05) is 23.9 Å². The molecule has 4 nitrogen and oxygen atoms in total. The van der Waals surface area contributed by atoms with Crippen LogP contribution in [-0.4, -0.2) is 31.2 Å². The molecule has 1 aliphatic rings. The minimum Gasteiger partial charge on any atom is -0.353 e. The van der Waals surface area contributed by atoms with Gasteiger partial charge in [-0.2, -0.15) is 0 Å². The number of aryl methyl sites for hydroxylation is 1. The van der Waals surface area contributed by atoms with Crippen LogP contribution in [0.25, 0.3) is 0 Å². The Labute approximate surface area is 169 Å². The van der Waals surface area contributed by atoms with Crippen LogP contribution in [-0.2, 0) is 22.5 Å². The van der Waals surface area contributed by atoms with E-state index in [1.54, 1.807) is 11.9 Å². The molecule has 5 heteroatoms. The number of halogens is 1. The van der Waals surface area contributed by atoms with Crippen LogP contribution in [0.1, 0.15) is 40.7 Å². The number of alkyl halides is 1. The molecule has 0 N–H and O–H groups in total. The molecular weight excluding hydrogens is 406 g/mol. The zero-order valence-corrected chi connectivity index (χ0v) is 17.3. The fourth-order valence-electron chi connectivity index (χ4n) is 3.08. The smallest absolute Gasteiger partial charge is 0.258 e. The first kappa shape index (κ1) is 20.1. The summed E-state index contributed by atoms with van der Waals surface area (Å²) in [6.45, 7) is 1.31. The number of benzene rings is 2. The van der Waals surface area contributed by atoms with Crippen molar-refractivity contribution in [3.05, 3.63) is 65.2 Å². The second-order valence-electron chi connectivity index (χ2n) is 6.77. The molecule has 1 heterocycles. The van der Waals surface area contributed by atoms with Crippen molar-refractivity contribution in [2.24, 2.45) is 0 Å². The molecule has 3 rings (SSSR count). The van der Waals surface area contributed by atoms with E-state index < -0.39 is 0 Å². The summed E-state index contributed by atoms with van der Waals surface area (Å²) < 4.78 is 11.4. The Bertz CT molecular complexity index is 724. The van der Waals surface area contributed by atoms with E-state index in [9.17, 15) is 4.79 Å². The summed E-state index contributed by atoms with van der Waals surface area (Å²) in [5.41, 5.74) is 3.85. The molecule has 1 unspecified atom stereocenters. The Morgan fingerprint density at radius 2 is 1.81 bits per heavy atom. The van der Waals surface area contributed by atoms with Gasteiger partial charge in [0.1, 0.15) is 0 Å². The van der Waals surface area contributed by atoms with Gasteiger partial charge < -0.3 is 14.4 Å². The summed E-state index contributed by atoms with van der Waals surface area (Å²) in [7, 11) is 1.80. The molecular formula is C22H26BrNO3. The number of amides is 1. The largest absolute Gasteiger partial charge is 0.353 e. The van der Waals surface area contributed by atoms with E-state index in [1.165, 1.54) is 5.56 Å². The lowest BCUT2D eigenvalue weighted by atomic mass is 10.1. The zero-order valence-electron chi connectivity index (χ0n) is 15.7. The second kappa shape index (κ2) is 10.0. The highest BCUT2D eigenvalue weighted by molar-refractivity contribution is 9.09. The van der Waals surface area contributed by atoms with Crippen LogP contribution in [0.15, 0.2) is 48.5 Å². The van der Waals surface area contributed by atoms with Crippen LogP contribution >= 0.6 is 15.9 Å². The van der Waals surface area contributed by atoms with Crippen LogP contribution in [0.5, 0.6) is 0 Å². The molecule has 0 spiro atoms. The molecule has 27 heavy (non-hydrogen) atoms. The van der Waals surface area contributed by atoms with Crippen molar-refractivity contribution in [3.63, 3.8) is 0 Å². The van der Waals surface area contributed by atoms with Gasteiger partial charge in [-0.3, -0.25) is 4.79 Å². The summed E-state index contributed by atoms with van der Waals surface area (Å²) >= 11 is 3.44. The molecule has 1 amide bonds. The third kappa shape index (κ3) is 5.64. The number of anilines is 1. The fraction of sp³-hybridized carbons (Fsp3) is 0.409. The Morgan fingerprint density at radius 3 is 2.44 bits per heavy atom. The number of carbonyl (C=O) groups is 1. The monoisotopic (exact) mass is 431 g/mol. The van der Waals surface area contributed by atoms with Crippen molar-refractivity contribution in [2.45, 2.75) is 38.6 Å². The highest BCUT2D eigenvalue weighted by Crippen LogP contribution is 2.19. The van der Waals surface area contributed by atoms with Gasteiger partial charge in [0.2, 0.25) is 0 Å². The van der Waals surface area contributed by atoms with Crippen molar-refractivity contribution >= 4 is 27.5 Å². The van der Waals surface area contributed by atoms with Gasteiger partial charge in [0.05, 0.1) is 6.61 Å². The molecule has 0 radical (unpaired) electrons. The van der Waals surface area contributed by atoms with Crippen LogP contribution in [0.4, 0.5) is 5.69 Å². The van der Waals surface area contributed by atoms with E-state index in [4.69, 9.17) is 9.47 Å². The van der Waals surface area contributed by atoms with Crippen molar-refractivity contribution in [1.29, 1.82) is 0 Å². The van der Waals surface area contributed by atoms with Crippen molar-refractivity contribution in [1.82, 2.24) is 0 Å². The van der Waals surface area contributed by atoms with E-state index in [1.807, 2.05) is 48.5 Å². The standard InChI is InChI=1S/C22H26BrNO3/c1-24(22(25)19-9-5-17(6-10-19)13-14-23)20-11-7-18(8-12-20)16-27-21-4-2-3-15-26-21/h5-12,21H,2-4,13-16H2,1H3. The normalized spacial score (nSPS) is 16.9. The third-order valence-electron chi connectivity index (χ3n) is 4.79. The molecule has 2 aromatic carbocycles. The van der Waals surface area contributed by atoms with Gasteiger partial charge in [-0.1, -0.05) is 40.2 Å². The minimum atomic E-state index is -0.0878. The summed E-state index contributed by atoms with van der Waals surface area (Å²) in [6.07, 6.45) is 4.11. The number of hydrogen-bond acceptors (Lipinski definition) is 3. The molecule has 1 aliphatic heterocycles. The van der Waals surface area contributed by atoms with Crippen LogP contribution < -0.4 is 4.90 Å². The lowest BCUT2D eigenvalue weighted by Gasteiger charge is -2.23. The minimum absolute atomic E-state index is 0.0139. The Balaban J connectivity index is 1.57. The first-order valence-electron chi connectivity index (χ1n) is 9.42. The Kier molecular flexibility index (Phi) is 7.44. The first-order valence-corrected chi connectivity index (χ1v) is 10.5. The maximum absolute atomic E-state index is 12.7. The number of nitrogens with zero attached hydrogens (tertiary/aromatic N) is 1. The molecule has 0 aliphatic carbocycles. The quantitative estimate of drug-likeness (QED) is 0.582. The van der Waals surface area contributed by atoms with E-state index in [0.29, 0.717) is 12.2 Å². The number of hydrogen-bond donors (Lipinski definition) is 0. The van der Waals surface area contributed by atoms with Crippen molar-refractivity contribution < 1.29 is 14.3 Å². The SMILES string of the molecule is CN(C(=O)c1ccc(CCBr)cc1)c1ccc(COC2CCCCO2)cc1. The van der Waals surface area contributed by atoms with Crippen LogP contribution in [0.3, 0.4) is 0 Å². The maximum atomic E-state index is 12.7. The molecule has 0 saturated carbocycles. The van der Waals surface area contributed by atoms with Gasteiger partial charge >= 0.3 is 0 Å². The van der Waals surface area contributed by atoms with Crippen LogP contribution in [0.2, 0.25) is 0 Å². The maximum Gasteiger partial charge on any atom is 0.258 e. The molecule has 1 atom stereocenters. The number of rotatable bonds is 7. The Hall–Kier alpha value is -1.69. The highest BCUT2D eigenvalue weighted by atomic mass is 79.9. The zero-order chi connectivity index (χ0) is 19.1. The molecule has 0 aromatic heterocycles. The first-order chi connectivity index (χ1) is 13.2. The van der Waals surface area contributed by atoms with Gasteiger partial charge in [0, 0.05) is 30.2 Å². The highest BCUT2D eigenvalue weighted by Gasteiger charge is 2.15. The molecule has 1 fully saturated rings. The van der Waals surface area contributed by atoms with E-state index in [0.717, 1.165) is 48.9 Å². The molecule has 144 valence electrons. The summed E-state index contributed by atoms with van der Waals surface area (Å²) in [5.74, 6) is -0.0139. The van der Waals surface area contributed by atoms with Gasteiger partial charge in [-0.05, 0) is 61.1 Å². The van der Waals surface area contributed by atoms with Crippen LogP contribution in [0, 0.1) is 0 Å². The Morgan fingerprint density at radius 1 is 1.11 bits per heavy atom. The van der Waals surface area contributed by atoms with E-state index >= 15 is 0 Å².